The van der Waals surface area contributed by atoms with Gasteiger partial charge in [0.1, 0.15) is 5.60 Å². The van der Waals surface area contributed by atoms with Gasteiger partial charge in [-0.1, -0.05) is 27.9 Å². The third kappa shape index (κ3) is 3.70. The molecule has 2 unspecified atom stereocenters. The van der Waals surface area contributed by atoms with E-state index >= 15 is 0 Å². The van der Waals surface area contributed by atoms with E-state index in [1.165, 1.54) is 12.3 Å². The number of pyridine rings is 1. The number of sulfonamides is 1. The summed E-state index contributed by atoms with van der Waals surface area (Å²) in [7, 11) is -3.69. The number of nitrogens with zero attached hydrogens (tertiary/aromatic N) is 2. The number of hydrogen-bond donors (Lipinski definition) is 1. The summed E-state index contributed by atoms with van der Waals surface area (Å²) in [6, 6.07) is 10.2. The number of hydrogen-bond acceptors (Lipinski definition) is 5. The predicted molar refractivity (Wildman–Crippen MR) is 99.0 cm³/mol. The lowest BCUT2D eigenvalue weighted by molar-refractivity contribution is -0.130. The molecule has 1 aromatic carbocycles. The summed E-state index contributed by atoms with van der Waals surface area (Å²) < 4.78 is 33.4. The molecule has 1 saturated heterocycles. The van der Waals surface area contributed by atoms with Gasteiger partial charge >= 0.3 is 0 Å². The molecule has 1 spiro atoms. The zero-order chi connectivity index (χ0) is 19.1. The number of fused-ring (bicyclic) bond motifs is 1. The van der Waals surface area contributed by atoms with Crippen LogP contribution in [0.1, 0.15) is 12.0 Å². The molecule has 1 fully saturated rings. The van der Waals surface area contributed by atoms with E-state index < -0.39 is 16.0 Å². The maximum atomic E-state index is 12.7. The fourth-order valence-corrected chi connectivity index (χ4v) is 4.82. The van der Waals surface area contributed by atoms with Crippen molar-refractivity contribution in [3.8, 4) is 5.88 Å². The molecule has 1 amide bonds. The maximum Gasteiger partial charge on any atom is 0.272 e. The highest BCUT2D eigenvalue weighted by atomic mass is 35.5. The second kappa shape index (κ2) is 6.87. The third-order valence-corrected chi connectivity index (χ3v) is 6.49. The summed E-state index contributed by atoms with van der Waals surface area (Å²) in [5, 5.41) is 0.586. The summed E-state index contributed by atoms with van der Waals surface area (Å²) >= 11 is 5.98. The number of rotatable bonds is 2. The Bertz CT molecular complexity index is 940. The van der Waals surface area contributed by atoms with Crippen molar-refractivity contribution in [2.45, 2.75) is 23.3 Å². The zero-order valence-electron chi connectivity index (χ0n) is 14.4. The van der Waals surface area contributed by atoms with Gasteiger partial charge in [0.25, 0.3) is 5.88 Å². The first-order valence-electron chi connectivity index (χ1n) is 8.53. The molecule has 0 radical (unpaired) electrons. The van der Waals surface area contributed by atoms with Gasteiger partial charge in [0, 0.05) is 30.3 Å². The number of halogens is 1. The molecule has 2 aliphatic heterocycles. The van der Waals surface area contributed by atoms with Crippen LogP contribution in [0.15, 0.2) is 47.5 Å². The minimum atomic E-state index is -3.69. The van der Waals surface area contributed by atoms with Gasteiger partial charge in [-0.2, -0.15) is 0 Å². The third-order valence-electron chi connectivity index (χ3n) is 4.84. The van der Waals surface area contributed by atoms with Crippen LogP contribution in [0.5, 0.6) is 5.88 Å². The number of likely N-dealkylation sites (tertiary alicyclic amines) is 1. The van der Waals surface area contributed by atoms with Gasteiger partial charge in [0.05, 0.1) is 19.5 Å². The Balaban J connectivity index is 1.52. The van der Waals surface area contributed by atoms with Gasteiger partial charge in [0.15, 0.2) is 10.4 Å². The van der Waals surface area contributed by atoms with E-state index in [0.29, 0.717) is 24.5 Å². The molecule has 0 saturated carbocycles. The van der Waals surface area contributed by atoms with Crippen molar-refractivity contribution in [1.29, 1.82) is 0 Å². The number of benzene rings is 1. The standard InChI is InChI=1S/C18H18ClN3O4S/c19-14-4-1-3-13(9-14)10-16(23)22-8-6-18(12-22)11-21-27(24,25)15-5-2-7-20-17(15)26-18/h1-5,7,9H,6,8,10-12H2,(H-,21,24,25). The van der Waals surface area contributed by atoms with Crippen molar-refractivity contribution < 1.29 is 18.3 Å². The number of ether oxygens (including phenoxy) is 1. The Morgan fingerprint density at radius 1 is 1.41 bits per heavy atom. The van der Waals surface area contributed by atoms with E-state index in [9.17, 15) is 13.6 Å². The largest absolute Gasteiger partial charge is 0.593 e. The Kier molecular flexibility index (Phi) is 4.67. The number of carbonyl (C=O) groups is 1. The van der Waals surface area contributed by atoms with E-state index in [2.05, 4.69) is 9.71 Å². The molecule has 1 N–H and O–H groups in total. The molecule has 3 heterocycles. The van der Waals surface area contributed by atoms with E-state index in [4.69, 9.17) is 16.3 Å². The highest BCUT2D eigenvalue weighted by molar-refractivity contribution is 7.95. The van der Waals surface area contributed by atoms with Gasteiger partial charge in [-0.3, -0.25) is 4.79 Å². The molecule has 7 nitrogen and oxygen atoms in total. The molecule has 4 rings (SSSR count). The van der Waals surface area contributed by atoms with E-state index in [1.807, 2.05) is 12.1 Å². The lowest BCUT2D eigenvalue weighted by Gasteiger charge is -2.27. The number of carbonyl (C=O) groups excluding carboxylic acids is 1. The van der Waals surface area contributed by atoms with Crippen LogP contribution in [0.4, 0.5) is 0 Å². The molecule has 0 bridgehead atoms. The SMILES string of the molecule is O=C(Cc1cccc(Cl)c1)N1CCC2(CN[S+](=O)([O-])c3cccnc3O2)C1. The minimum Gasteiger partial charge on any atom is -0.593 e. The highest BCUT2D eigenvalue weighted by Crippen LogP contribution is 2.35. The van der Waals surface area contributed by atoms with E-state index in [1.54, 1.807) is 23.1 Å². The van der Waals surface area contributed by atoms with Crippen LogP contribution in [0, 0.1) is 0 Å². The second-order valence-corrected chi connectivity index (χ2v) is 8.96. The van der Waals surface area contributed by atoms with Crippen molar-refractivity contribution in [1.82, 2.24) is 14.6 Å². The van der Waals surface area contributed by atoms with Crippen molar-refractivity contribution in [2.75, 3.05) is 19.6 Å². The molecule has 9 heteroatoms. The Hall–Kier alpha value is -2.00. The van der Waals surface area contributed by atoms with Gasteiger partial charge in [-0.15, -0.1) is 4.72 Å². The molecule has 1 aromatic heterocycles. The van der Waals surface area contributed by atoms with Gasteiger partial charge in [0.2, 0.25) is 10.8 Å². The molecule has 27 heavy (non-hydrogen) atoms. The van der Waals surface area contributed by atoms with Gasteiger partial charge in [-0.25, -0.2) is 4.98 Å². The van der Waals surface area contributed by atoms with Crippen LogP contribution in [0.25, 0.3) is 0 Å². The van der Waals surface area contributed by atoms with Crippen LogP contribution in [0.2, 0.25) is 5.02 Å². The Morgan fingerprint density at radius 3 is 3.07 bits per heavy atom. The Labute approximate surface area is 163 Å². The number of amides is 1. The first-order valence-corrected chi connectivity index (χ1v) is 10.4. The van der Waals surface area contributed by atoms with Gasteiger partial charge < -0.3 is 14.2 Å². The van der Waals surface area contributed by atoms with Crippen molar-refractivity contribution in [2.24, 2.45) is 0 Å². The number of nitrogens with one attached hydrogen (secondary N) is 1. The van der Waals surface area contributed by atoms with Crippen LogP contribution in [-0.4, -0.2) is 45.6 Å². The molecular weight excluding hydrogens is 390 g/mol. The van der Waals surface area contributed by atoms with Crippen LogP contribution < -0.4 is 9.46 Å². The monoisotopic (exact) mass is 407 g/mol. The quantitative estimate of drug-likeness (QED) is 0.766. The van der Waals surface area contributed by atoms with Crippen molar-refractivity contribution in [3.05, 3.63) is 53.2 Å². The smallest absolute Gasteiger partial charge is 0.272 e. The average molecular weight is 408 g/mol. The van der Waals surface area contributed by atoms with E-state index in [-0.39, 0.29) is 29.6 Å². The maximum absolute atomic E-state index is 12.7. The minimum absolute atomic E-state index is 0.0191. The van der Waals surface area contributed by atoms with Crippen LogP contribution in [-0.2, 0) is 25.8 Å². The van der Waals surface area contributed by atoms with Crippen LogP contribution >= 0.6 is 11.6 Å². The van der Waals surface area contributed by atoms with Gasteiger partial charge in [-0.05, 0) is 23.8 Å². The summed E-state index contributed by atoms with van der Waals surface area (Å²) in [5.41, 5.74) is 0.0133. The molecular formula is C18H18ClN3O4S. The molecule has 2 atom stereocenters. The fraction of sp³-hybridized carbons (Fsp3) is 0.333. The average Bonchev–Trinajstić information content (AvgIpc) is 3.00. The predicted octanol–water partition coefficient (Wildman–Crippen LogP) is 1.83. The zero-order valence-corrected chi connectivity index (χ0v) is 16.0. The fourth-order valence-electron chi connectivity index (χ4n) is 3.42. The van der Waals surface area contributed by atoms with E-state index in [0.717, 1.165) is 5.56 Å². The highest BCUT2D eigenvalue weighted by Gasteiger charge is 2.47. The Morgan fingerprint density at radius 2 is 2.26 bits per heavy atom. The van der Waals surface area contributed by atoms with Crippen molar-refractivity contribution in [3.63, 3.8) is 0 Å². The lowest BCUT2D eigenvalue weighted by Crippen LogP contribution is -2.49. The summed E-state index contributed by atoms with van der Waals surface area (Å²) in [6.45, 7) is 0.876. The lowest BCUT2D eigenvalue weighted by atomic mass is 10.0. The summed E-state index contributed by atoms with van der Waals surface area (Å²) in [6.07, 6.45) is 2.24. The first-order chi connectivity index (χ1) is 12.9. The first kappa shape index (κ1) is 18.4. The second-order valence-electron chi connectivity index (χ2n) is 6.79. The number of aromatic nitrogens is 1. The molecule has 2 aliphatic rings. The van der Waals surface area contributed by atoms with Crippen LogP contribution in [0.3, 0.4) is 0 Å². The molecule has 142 valence electrons. The molecule has 0 aliphatic carbocycles. The van der Waals surface area contributed by atoms with Crippen molar-refractivity contribution >= 4 is 27.9 Å². The summed E-state index contributed by atoms with van der Waals surface area (Å²) in [4.78, 5) is 18.5. The topological polar surface area (TPSA) is 94.6 Å². The molecule has 2 aromatic rings. The normalized spacial score (nSPS) is 27.1. The summed E-state index contributed by atoms with van der Waals surface area (Å²) in [5.74, 6) is 0.0257.